The first-order valence-corrected chi connectivity index (χ1v) is 6.43. The van der Waals surface area contributed by atoms with Gasteiger partial charge in [0.05, 0.1) is 12.5 Å². The Morgan fingerprint density at radius 2 is 2.18 bits per heavy atom. The first kappa shape index (κ1) is 14.2. The molecule has 98 valence electrons. The first-order valence-electron chi connectivity index (χ1n) is 6.43. The van der Waals surface area contributed by atoms with Gasteiger partial charge < -0.3 is 9.84 Å². The third kappa shape index (κ3) is 4.50. The Balaban J connectivity index is 2.57. The average molecular weight is 240 g/mol. The molecule has 0 heterocycles. The zero-order valence-electron chi connectivity index (χ0n) is 11.1. The van der Waals surface area contributed by atoms with Gasteiger partial charge in [0, 0.05) is 5.92 Å². The third-order valence-electron chi connectivity index (χ3n) is 3.43. The van der Waals surface area contributed by atoms with Crippen LogP contribution in [0.2, 0.25) is 0 Å². The molecule has 1 saturated carbocycles. The van der Waals surface area contributed by atoms with E-state index in [9.17, 15) is 4.79 Å². The molecule has 0 bridgehead atoms. The number of esters is 1. The highest BCUT2D eigenvalue weighted by molar-refractivity contribution is 5.70. The lowest BCUT2D eigenvalue weighted by atomic mass is 9.77. The third-order valence-corrected chi connectivity index (χ3v) is 3.43. The first-order chi connectivity index (χ1) is 7.90. The lowest BCUT2D eigenvalue weighted by Crippen LogP contribution is -2.34. The van der Waals surface area contributed by atoms with Gasteiger partial charge >= 0.3 is 5.97 Å². The number of ether oxygens (including phenoxy) is 1. The van der Waals surface area contributed by atoms with E-state index in [2.05, 4.69) is 13.5 Å². The number of carbonyl (C=O) groups excluding carboxylic acids is 1. The van der Waals surface area contributed by atoms with Gasteiger partial charge in [0.2, 0.25) is 0 Å². The molecule has 1 aliphatic carbocycles. The lowest BCUT2D eigenvalue weighted by molar-refractivity contribution is -0.155. The van der Waals surface area contributed by atoms with E-state index in [0.29, 0.717) is 5.92 Å². The van der Waals surface area contributed by atoms with Crippen molar-refractivity contribution in [3.8, 4) is 0 Å². The highest BCUT2D eigenvalue weighted by Gasteiger charge is 2.31. The van der Waals surface area contributed by atoms with Crippen molar-refractivity contribution in [1.82, 2.24) is 0 Å². The topological polar surface area (TPSA) is 46.5 Å². The van der Waals surface area contributed by atoms with Crippen LogP contribution in [0.3, 0.4) is 0 Å². The minimum absolute atomic E-state index is 0.0532. The molecule has 0 aromatic heterocycles. The monoisotopic (exact) mass is 240 g/mol. The van der Waals surface area contributed by atoms with Crippen molar-refractivity contribution in [3.63, 3.8) is 0 Å². The molecule has 3 heteroatoms. The Bertz CT molecular complexity index is 283. The van der Waals surface area contributed by atoms with Crippen molar-refractivity contribution in [2.45, 2.75) is 58.7 Å². The molecule has 0 amide bonds. The standard InChI is InChI=1S/C14H24O3/c1-9(2)12-6-5-10(3)7-13(12)17-14(16)8-11(4)15/h10-13,15H,1,5-8H2,2-4H3/t10-,11?,12+,13-/m1/s1. The Kier molecular flexibility index (Phi) is 5.19. The molecule has 0 saturated heterocycles. The van der Waals surface area contributed by atoms with Gasteiger partial charge in [-0.3, -0.25) is 4.79 Å². The van der Waals surface area contributed by atoms with E-state index in [1.54, 1.807) is 6.92 Å². The smallest absolute Gasteiger partial charge is 0.308 e. The van der Waals surface area contributed by atoms with Crippen molar-refractivity contribution >= 4 is 5.97 Å². The van der Waals surface area contributed by atoms with Crippen LogP contribution in [0, 0.1) is 11.8 Å². The summed E-state index contributed by atoms with van der Waals surface area (Å²) < 4.78 is 5.49. The van der Waals surface area contributed by atoms with Gasteiger partial charge in [-0.1, -0.05) is 19.1 Å². The molecule has 1 fully saturated rings. The molecule has 3 nitrogen and oxygen atoms in total. The summed E-state index contributed by atoms with van der Waals surface area (Å²) in [5.74, 6) is 0.574. The normalized spacial score (nSPS) is 30.7. The van der Waals surface area contributed by atoms with Crippen molar-refractivity contribution in [2.24, 2.45) is 11.8 Å². The molecule has 0 aromatic carbocycles. The fraction of sp³-hybridized carbons (Fsp3) is 0.786. The van der Waals surface area contributed by atoms with E-state index in [-0.39, 0.29) is 24.4 Å². The van der Waals surface area contributed by atoms with Crippen LogP contribution in [0.5, 0.6) is 0 Å². The van der Waals surface area contributed by atoms with Crippen molar-refractivity contribution < 1.29 is 14.6 Å². The van der Waals surface area contributed by atoms with E-state index in [1.807, 2.05) is 6.92 Å². The molecule has 1 rings (SSSR count). The van der Waals surface area contributed by atoms with Gasteiger partial charge in [-0.15, -0.1) is 0 Å². The van der Waals surface area contributed by atoms with Gasteiger partial charge in [-0.2, -0.15) is 0 Å². The Morgan fingerprint density at radius 1 is 1.53 bits per heavy atom. The molecule has 0 aliphatic heterocycles. The van der Waals surface area contributed by atoms with Gasteiger partial charge in [0.1, 0.15) is 6.10 Å². The van der Waals surface area contributed by atoms with Crippen molar-refractivity contribution in [3.05, 3.63) is 12.2 Å². The van der Waals surface area contributed by atoms with Crippen LogP contribution >= 0.6 is 0 Å². The summed E-state index contributed by atoms with van der Waals surface area (Å²) in [6.45, 7) is 9.76. The largest absolute Gasteiger partial charge is 0.462 e. The summed E-state index contributed by atoms with van der Waals surface area (Å²) >= 11 is 0. The molecule has 4 atom stereocenters. The number of aliphatic hydroxyl groups is 1. The maximum atomic E-state index is 11.6. The SMILES string of the molecule is C=C(C)[C@@H]1CC[C@@H](C)C[C@H]1OC(=O)CC(C)O. The summed E-state index contributed by atoms with van der Waals surface area (Å²) in [7, 11) is 0. The summed E-state index contributed by atoms with van der Waals surface area (Å²) in [5.41, 5.74) is 1.09. The van der Waals surface area contributed by atoms with Crippen molar-refractivity contribution in [1.29, 1.82) is 0 Å². The van der Waals surface area contributed by atoms with Crippen LogP contribution in [0.25, 0.3) is 0 Å². The minimum atomic E-state index is -0.633. The van der Waals surface area contributed by atoms with E-state index < -0.39 is 6.10 Å². The molecule has 1 aliphatic rings. The van der Waals surface area contributed by atoms with Gasteiger partial charge in [0.15, 0.2) is 0 Å². The maximum absolute atomic E-state index is 11.6. The minimum Gasteiger partial charge on any atom is -0.462 e. The predicted octanol–water partition coefficient (Wildman–Crippen LogP) is 2.68. The molecule has 0 aromatic rings. The summed E-state index contributed by atoms with van der Waals surface area (Å²) in [6, 6.07) is 0. The highest BCUT2D eigenvalue weighted by atomic mass is 16.5. The second-order valence-corrected chi connectivity index (χ2v) is 5.45. The van der Waals surface area contributed by atoms with E-state index in [1.165, 1.54) is 6.42 Å². The second-order valence-electron chi connectivity index (χ2n) is 5.45. The van der Waals surface area contributed by atoms with Crippen LogP contribution in [0.15, 0.2) is 12.2 Å². The van der Waals surface area contributed by atoms with Crippen LogP contribution in [0.4, 0.5) is 0 Å². The number of rotatable bonds is 4. The number of aliphatic hydroxyl groups excluding tert-OH is 1. The highest BCUT2D eigenvalue weighted by Crippen LogP contribution is 2.34. The second kappa shape index (κ2) is 6.20. The Labute approximate surface area is 104 Å². The fourth-order valence-electron chi connectivity index (χ4n) is 2.48. The van der Waals surface area contributed by atoms with E-state index in [4.69, 9.17) is 9.84 Å². The van der Waals surface area contributed by atoms with Crippen LogP contribution in [-0.2, 0) is 9.53 Å². The maximum Gasteiger partial charge on any atom is 0.308 e. The average Bonchev–Trinajstić information content (AvgIpc) is 2.15. The summed E-state index contributed by atoms with van der Waals surface area (Å²) in [6.07, 6.45) is 2.51. The zero-order chi connectivity index (χ0) is 13.0. The summed E-state index contributed by atoms with van der Waals surface area (Å²) in [4.78, 5) is 11.6. The molecule has 1 N–H and O–H groups in total. The number of carbonyl (C=O) groups is 1. The number of hydrogen-bond donors (Lipinski definition) is 1. The molecule has 1 unspecified atom stereocenters. The Hall–Kier alpha value is -0.830. The van der Waals surface area contributed by atoms with Gasteiger partial charge in [-0.25, -0.2) is 0 Å². The molecular formula is C14H24O3. The molecule has 0 spiro atoms. The molecule has 17 heavy (non-hydrogen) atoms. The van der Waals surface area contributed by atoms with Gasteiger partial charge in [-0.05, 0) is 39.0 Å². The number of hydrogen-bond acceptors (Lipinski definition) is 3. The molecule has 0 radical (unpaired) electrons. The lowest BCUT2D eigenvalue weighted by Gasteiger charge is -2.34. The quantitative estimate of drug-likeness (QED) is 0.607. The van der Waals surface area contributed by atoms with Gasteiger partial charge in [0.25, 0.3) is 0 Å². The Morgan fingerprint density at radius 3 is 2.71 bits per heavy atom. The van der Waals surface area contributed by atoms with Crippen LogP contribution in [0.1, 0.15) is 46.5 Å². The zero-order valence-corrected chi connectivity index (χ0v) is 11.1. The van der Waals surface area contributed by atoms with Crippen LogP contribution in [-0.4, -0.2) is 23.3 Å². The van der Waals surface area contributed by atoms with E-state index >= 15 is 0 Å². The van der Waals surface area contributed by atoms with Crippen molar-refractivity contribution in [2.75, 3.05) is 0 Å². The molecular weight excluding hydrogens is 216 g/mol. The van der Waals surface area contributed by atoms with Crippen LogP contribution < -0.4 is 0 Å². The van der Waals surface area contributed by atoms with E-state index in [0.717, 1.165) is 18.4 Å². The predicted molar refractivity (Wildman–Crippen MR) is 67.5 cm³/mol. The summed E-state index contributed by atoms with van der Waals surface area (Å²) in [5, 5.41) is 9.16. The fourth-order valence-corrected chi connectivity index (χ4v) is 2.48.